The van der Waals surface area contributed by atoms with E-state index in [1.807, 2.05) is 18.5 Å². The van der Waals surface area contributed by atoms with Crippen molar-refractivity contribution in [2.75, 3.05) is 0 Å². The first-order valence-corrected chi connectivity index (χ1v) is 12.8. The Labute approximate surface area is 206 Å². The van der Waals surface area contributed by atoms with Gasteiger partial charge in [0.05, 0.1) is 18.1 Å². The van der Waals surface area contributed by atoms with Gasteiger partial charge in [0.15, 0.2) is 11.5 Å². The second-order valence-corrected chi connectivity index (χ2v) is 9.93. The predicted octanol–water partition coefficient (Wildman–Crippen LogP) is 7.04. The van der Waals surface area contributed by atoms with Crippen LogP contribution in [0.15, 0.2) is 71.4 Å². The summed E-state index contributed by atoms with van der Waals surface area (Å²) in [7, 11) is 0. The topological polar surface area (TPSA) is 60.1 Å². The predicted molar refractivity (Wildman–Crippen MR) is 137 cm³/mol. The number of rotatable bonds is 5. The van der Waals surface area contributed by atoms with E-state index in [0.717, 1.165) is 49.1 Å². The van der Waals surface area contributed by atoms with E-state index >= 15 is 0 Å². The van der Waals surface area contributed by atoms with Crippen LogP contribution in [-0.2, 0) is 6.42 Å². The number of amides is 1. The Kier molecular flexibility index (Phi) is 5.77. The van der Waals surface area contributed by atoms with Crippen molar-refractivity contribution < 1.29 is 9.21 Å². The monoisotopic (exact) mass is 465 g/mol. The van der Waals surface area contributed by atoms with Gasteiger partial charge >= 0.3 is 0 Å². The summed E-state index contributed by atoms with van der Waals surface area (Å²) in [5.41, 5.74) is 6.68. The van der Waals surface area contributed by atoms with Crippen LogP contribution in [0.4, 0.5) is 0 Å². The molecular weight excluding hydrogens is 434 g/mol. The number of nitrogens with one attached hydrogen (secondary N) is 1. The van der Waals surface area contributed by atoms with Gasteiger partial charge in [0, 0.05) is 11.6 Å². The largest absolute Gasteiger partial charge is 0.449 e. The summed E-state index contributed by atoms with van der Waals surface area (Å²) < 4.78 is 8.50. The third-order valence-electron chi connectivity index (χ3n) is 7.57. The molecule has 1 saturated carbocycles. The molecule has 1 atom stereocenters. The molecule has 0 spiro atoms. The van der Waals surface area contributed by atoms with Gasteiger partial charge in [-0.05, 0) is 62.3 Å². The molecule has 1 amide bonds. The highest BCUT2D eigenvalue weighted by Crippen LogP contribution is 2.39. The lowest BCUT2D eigenvalue weighted by atomic mass is 9.88. The Balaban J connectivity index is 1.32. The fourth-order valence-electron chi connectivity index (χ4n) is 5.71. The lowest BCUT2D eigenvalue weighted by molar-refractivity contribution is 0.0905. The second kappa shape index (κ2) is 9.21. The van der Waals surface area contributed by atoms with Gasteiger partial charge in [0.25, 0.3) is 5.91 Å². The number of hydrogen-bond donors (Lipinski definition) is 1. The number of aromatic nitrogens is 2. The van der Waals surface area contributed by atoms with Crippen molar-refractivity contribution in [1.29, 1.82) is 0 Å². The number of nitrogens with zero attached hydrogens (tertiary/aromatic N) is 2. The minimum absolute atomic E-state index is 0.0214. The summed E-state index contributed by atoms with van der Waals surface area (Å²) in [6.07, 6.45) is 9.79. The van der Waals surface area contributed by atoms with Crippen molar-refractivity contribution >= 4 is 5.91 Å². The minimum Gasteiger partial charge on any atom is -0.449 e. The van der Waals surface area contributed by atoms with Crippen molar-refractivity contribution in [2.45, 2.75) is 64.0 Å². The number of hydrogen-bond acceptors (Lipinski definition) is 3. The Hall–Kier alpha value is -3.60. The Morgan fingerprint density at radius 2 is 1.77 bits per heavy atom. The molecule has 0 bridgehead atoms. The summed E-state index contributed by atoms with van der Waals surface area (Å²) in [6, 6.07) is 21.0. The van der Waals surface area contributed by atoms with Gasteiger partial charge in [-0.1, -0.05) is 66.9 Å². The Bertz CT molecular complexity index is 1340. The van der Waals surface area contributed by atoms with Gasteiger partial charge in [0.1, 0.15) is 5.69 Å². The summed E-state index contributed by atoms with van der Waals surface area (Å²) in [5, 5.41) is 3.22. The highest BCUT2D eigenvalue weighted by atomic mass is 16.4. The maximum Gasteiger partial charge on any atom is 0.287 e. The van der Waals surface area contributed by atoms with Crippen molar-refractivity contribution in [2.24, 2.45) is 0 Å². The van der Waals surface area contributed by atoms with E-state index in [1.165, 1.54) is 29.5 Å². The number of aryl methyl sites for hydroxylation is 2. The van der Waals surface area contributed by atoms with E-state index in [-0.39, 0.29) is 11.9 Å². The van der Waals surface area contributed by atoms with Crippen LogP contribution in [0.5, 0.6) is 0 Å². The number of imidazole rings is 1. The zero-order valence-corrected chi connectivity index (χ0v) is 20.2. The number of carbonyl (C=O) groups is 1. The molecule has 0 saturated heterocycles. The fourth-order valence-corrected chi connectivity index (χ4v) is 5.71. The van der Waals surface area contributed by atoms with Gasteiger partial charge in [0.2, 0.25) is 0 Å². The molecule has 4 aromatic rings. The lowest BCUT2D eigenvalue weighted by Gasteiger charge is -2.26. The quantitative estimate of drug-likeness (QED) is 0.344. The maximum absolute atomic E-state index is 13.2. The van der Waals surface area contributed by atoms with Crippen LogP contribution in [0, 0.1) is 6.92 Å². The third kappa shape index (κ3) is 4.20. The standard InChI is InChI=1S/C30H31N3O2/c1-20-13-15-22(16-14-20)28-29(33(19-31-28)23-9-3-4-10-23)26-17-18-27(35-26)30(34)32-25-12-6-8-21-7-2-5-11-24(21)25/h2,5,7,11,13-19,23,25H,3-4,6,8-10,12H2,1H3,(H,32,34)/t25-/m0/s1. The van der Waals surface area contributed by atoms with Gasteiger partial charge in [-0.2, -0.15) is 0 Å². The van der Waals surface area contributed by atoms with Crippen LogP contribution in [0.2, 0.25) is 0 Å². The molecule has 5 heteroatoms. The Morgan fingerprint density at radius 3 is 2.60 bits per heavy atom. The molecule has 2 heterocycles. The van der Waals surface area contributed by atoms with E-state index in [4.69, 9.17) is 9.40 Å². The number of benzene rings is 2. The van der Waals surface area contributed by atoms with Gasteiger partial charge in [-0.3, -0.25) is 4.79 Å². The molecule has 35 heavy (non-hydrogen) atoms. The van der Waals surface area contributed by atoms with E-state index in [1.54, 1.807) is 6.07 Å². The van der Waals surface area contributed by atoms with E-state index < -0.39 is 0 Å². The molecule has 6 rings (SSSR count). The van der Waals surface area contributed by atoms with Crippen LogP contribution in [0.1, 0.15) is 77.9 Å². The fraction of sp³-hybridized carbons (Fsp3) is 0.333. The average molecular weight is 466 g/mol. The molecule has 1 fully saturated rings. The molecule has 0 aliphatic heterocycles. The van der Waals surface area contributed by atoms with E-state index in [0.29, 0.717) is 17.6 Å². The van der Waals surface area contributed by atoms with E-state index in [2.05, 4.69) is 59.3 Å². The highest BCUT2D eigenvalue weighted by Gasteiger charge is 2.27. The van der Waals surface area contributed by atoms with E-state index in [9.17, 15) is 4.79 Å². The zero-order chi connectivity index (χ0) is 23.8. The van der Waals surface area contributed by atoms with Gasteiger partial charge in [-0.25, -0.2) is 4.98 Å². The van der Waals surface area contributed by atoms with Crippen LogP contribution in [0.25, 0.3) is 22.7 Å². The first-order valence-electron chi connectivity index (χ1n) is 12.8. The van der Waals surface area contributed by atoms with Gasteiger partial charge < -0.3 is 14.3 Å². The van der Waals surface area contributed by atoms with Crippen LogP contribution in [0.3, 0.4) is 0 Å². The normalized spacial score (nSPS) is 17.9. The van der Waals surface area contributed by atoms with Crippen LogP contribution >= 0.6 is 0 Å². The molecule has 2 aliphatic carbocycles. The van der Waals surface area contributed by atoms with Crippen molar-refractivity contribution in [3.63, 3.8) is 0 Å². The SMILES string of the molecule is Cc1ccc(-c2ncn(C3CCCC3)c2-c2ccc(C(=O)N[C@H]3CCCc4ccccc43)o2)cc1. The van der Waals surface area contributed by atoms with Crippen molar-refractivity contribution in [3.05, 3.63) is 89.4 Å². The molecule has 178 valence electrons. The summed E-state index contributed by atoms with van der Waals surface area (Å²) in [5.74, 6) is 0.873. The molecule has 2 aromatic heterocycles. The summed E-state index contributed by atoms with van der Waals surface area (Å²) in [6.45, 7) is 2.09. The second-order valence-electron chi connectivity index (χ2n) is 9.93. The number of carbonyl (C=O) groups excluding carboxylic acids is 1. The summed E-state index contributed by atoms with van der Waals surface area (Å²) >= 11 is 0. The van der Waals surface area contributed by atoms with Gasteiger partial charge in [-0.15, -0.1) is 0 Å². The lowest BCUT2D eigenvalue weighted by Crippen LogP contribution is -2.30. The molecule has 0 unspecified atom stereocenters. The first-order chi connectivity index (χ1) is 17.2. The highest BCUT2D eigenvalue weighted by molar-refractivity contribution is 5.92. The zero-order valence-electron chi connectivity index (χ0n) is 20.2. The molecule has 5 nitrogen and oxygen atoms in total. The smallest absolute Gasteiger partial charge is 0.287 e. The average Bonchev–Trinajstić information content (AvgIpc) is 3.65. The maximum atomic E-state index is 13.2. The molecule has 1 N–H and O–H groups in total. The molecule has 2 aromatic carbocycles. The number of fused-ring (bicyclic) bond motifs is 1. The van der Waals surface area contributed by atoms with Crippen LogP contribution in [-0.4, -0.2) is 15.5 Å². The molecular formula is C30H31N3O2. The minimum atomic E-state index is -0.165. The molecule has 2 aliphatic rings. The van der Waals surface area contributed by atoms with Crippen LogP contribution < -0.4 is 5.32 Å². The number of furan rings is 1. The molecule has 0 radical (unpaired) electrons. The van der Waals surface area contributed by atoms with Crippen molar-refractivity contribution in [1.82, 2.24) is 14.9 Å². The van der Waals surface area contributed by atoms with Crippen molar-refractivity contribution in [3.8, 4) is 22.7 Å². The summed E-state index contributed by atoms with van der Waals surface area (Å²) in [4.78, 5) is 18.0. The third-order valence-corrected chi connectivity index (χ3v) is 7.57. The Morgan fingerprint density at radius 1 is 0.971 bits per heavy atom. The first kappa shape index (κ1) is 21.9.